The van der Waals surface area contributed by atoms with Crippen LogP contribution in [0, 0.1) is 0 Å². The molecule has 1 fully saturated rings. The maximum absolute atomic E-state index is 12.9. The third-order valence-corrected chi connectivity index (χ3v) is 4.79. The van der Waals surface area contributed by atoms with Gasteiger partial charge in [0.25, 0.3) is 11.8 Å². The molecule has 0 spiro atoms. The van der Waals surface area contributed by atoms with Gasteiger partial charge in [-0.1, -0.05) is 0 Å². The van der Waals surface area contributed by atoms with E-state index in [1.165, 1.54) is 12.4 Å². The van der Waals surface area contributed by atoms with Gasteiger partial charge < -0.3 is 14.5 Å². The molecule has 7 nitrogen and oxygen atoms in total. The van der Waals surface area contributed by atoms with Crippen LogP contribution in [0.25, 0.3) is 0 Å². The van der Waals surface area contributed by atoms with E-state index in [0.29, 0.717) is 44.0 Å². The first kappa shape index (κ1) is 16.5. The lowest BCUT2D eigenvalue weighted by Gasteiger charge is -2.22. The van der Waals surface area contributed by atoms with Crippen LogP contribution in [0.4, 0.5) is 0 Å². The van der Waals surface area contributed by atoms with Gasteiger partial charge in [-0.2, -0.15) is 0 Å². The molecule has 26 heavy (non-hydrogen) atoms. The molecular weight excluding hydrogens is 332 g/mol. The number of aromatic nitrogens is 2. The second kappa shape index (κ2) is 7.11. The first-order chi connectivity index (χ1) is 12.7. The molecule has 1 aromatic carbocycles. The molecule has 0 radical (unpaired) electrons. The molecule has 134 valence electrons. The van der Waals surface area contributed by atoms with Crippen molar-refractivity contribution in [3.8, 4) is 5.75 Å². The van der Waals surface area contributed by atoms with Crippen molar-refractivity contribution in [1.29, 1.82) is 0 Å². The minimum absolute atomic E-state index is 0.00787. The Balaban J connectivity index is 1.43. The highest BCUT2D eigenvalue weighted by Gasteiger charge is 2.25. The second-order valence-electron chi connectivity index (χ2n) is 6.45. The van der Waals surface area contributed by atoms with Crippen LogP contribution in [0.5, 0.6) is 5.75 Å². The molecule has 1 aromatic heterocycles. The Kier molecular flexibility index (Phi) is 4.51. The van der Waals surface area contributed by atoms with Gasteiger partial charge in [-0.05, 0) is 30.2 Å². The summed E-state index contributed by atoms with van der Waals surface area (Å²) in [6.07, 6.45) is 6.12. The zero-order valence-electron chi connectivity index (χ0n) is 14.4. The molecule has 0 aliphatic carbocycles. The number of ether oxygens (including phenoxy) is 1. The lowest BCUT2D eigenvalue weighted by Crippen LogP contribution is -2.37. The van der Waals surface area contributed by atoms with Crippen LogP contribution < -0.4 is 4.74 Å². The molecule has 3 heterocycles. The van der Waals surface area contributed by atoms with Gasteiger partial charge in [0.1, 0.15) is 11.4 Å². The van der Waals surface area contributed by atoms with Crippen molar-refractivity contribution < 1.29 is 14.3 Å². The Labute approximate surface area is 151 Å². The Hall–Kier alpha value is -2.96. The van der Waals surface area contributed by atoms with E-state index in [0.717, 1.165) is 24.2 Å². The smallest absolute Gasteiger partial charge is 0.274 e. The molecule has 2 aromatic rings. The Morgan fingerprint density at radius 3 is 2.58 bits per heavy atom. The van der Waals surface area contributed by atoms with Crippen LogP contribution in [0.1, 0.15) is 32.8 Å². The number of benzene rings is 1. The summed E-state index contributed by atoms with van der Waals surface area (Å²) in [5.74, 6) is 0.744. The second-order valence-corrected chi connectivity index (χ2v) is 6.45. The van der Waals surface area contributed by atoms with Gasteiger partial charge >= 0.3 is 0 Å². The van der Waals surface area contributed by atoms with Gasteiger partial charge in [-0.15, -0.1) is 0 Å². The molecule has 2 amide bonds. The molecule has 2 aliphatic rings. The zero-order chi connectivity index (χ0) is 17.9. The van der Waals surface area contributed by atoms with Crippen LogP contribution in [0.3, 0.4) is 0 Å². The molecule has 1 saturated heterocycles. The number of hydrogen-bond acceptors (Lipinski definition) is 5. The van der Waals surface area contributed by atoms with Gasteiger partial charge in [-0.25, -0.2) is 4.98 Å². The molecule has 0 saturated carbocycles. The third kappa shape index (κ3) is 3.24. The van der Waals surface area contributed by atoms with Crippen LogP contribution >= 0.6 is 0 Å². The molecule has 0 unspecified atom stereocenters. The van der Waals surface area contributed by atoms with Crippen LogP contribution in [0.15, 0.2) is 36.8 Å². The van der Waals surface area contributed by atoms with Crippen LogP contribution in [-0.2, 0) is 6.42 Å². The summed E-state index contributed by atoms with van der Waals surface area (Å²) < 4.78 is 5.50. The predicted octanol–water partition coefficient (Wildman–Crippen LogP) is 1.40. The molecule has 7 heteroatoms. The van der Waals surface area contributed by atoms with Crippen molar-refractivity contribution in [3.05, 3.63) is 53.6 Å². The average Bonchev–Trinajstić information content (AvgIpc) is 3.02. The highest BCUT2D eigenvalue weighted by atomic mass is 16.5. The molecule has 0 N–H and O–H groups in total. The lowest BCUT2D eigenvalue weighted by molar-refractivity contribution is 0.0715. The number of carbonyl (C=O) groups excluding carboxylic acids is 2. The molecule has 4 rings (SSSR count). The molecule has 0 bridgehead atoms. The van der Waals surface area contributed by atoms with E-state index in [-0.39, 0.29) is 11.8 Å². The maximum atomic E-state index is 12.9. The highest BCUT2D eigenvalue weighted by Crippen LogP contribution is 2.26. The monoisotopic (exact) mass is 352 g/mol. The molecule has 0 atom stereocenters. The van der Waals surface area contributed by atoms with Crippen molar-refractivity contribution in [2.75, 3.05) is 32.8 Å². The van der Waals surface area contributed by atoms with Crippen molar-refractivity contribution >= 4 is 11.8 Å². The van der Waals surface area contributed by atoms with Crippen molar-refractivity contribution in [2.24, 2.45) is 0 Å². The number of amides is 2. The third-order valence-electron chi connectivity index (χ3n) is 4.79. The van der Waals surface area contributed by atoms with Crippen molar-refractivity contribution in [2.45, 2.75) is 12.8 Å². The van der Waals surface area contributed by atoms with E-state index >= 15 is 0 Å². The van der Waals surface area contributed by atoms with E-state index < -0.39 is 0 Å². The van der Waals surface area contributed by atoms with Crippen LogP contribution in [-0.4, -0.2) is 64.4 Å². The maximum Gasteiger partial charge on any atom is 0.274 e. The number of fused-ring (bicyclic) bond motifs is 1. The fourth-order valence-corrected chi connectivity index (χ4v) is 3.40. The lowest BCUT2D eigenvalue weighted by atomic mass is 10.1. The van der Waals surface area contributed by atoms with E-state index in [9.17, 15) is 9.59 Å². The fourth-order valence-electron chi connectivity index (χ4n) is 3.40. The number of hydrogen-bond donors (Lipinski definition) is 0. The van der Waals surface area contributed by atoms with Gasteiger partial charge in [-0.3, -0.25) is 14.6 Å². The summed E-state index contributed by atoms with van der Waals surface area (Å²) in [6, 6.07) is 5.62. The average molecular weight is 352 g/mol. The fraction of sp³-hybridized carbons (Fsp3) is 0.368. The Morgan fingerprint density at radius 2 is 1.81 bits per heavy atom. The van der Waals surface area contributed by atoms with Crippen molar-refractivity contribution in [3.63, 3.8) is 0 Å². The normalized spacial score (nSPS) is 16.6. The van der Waals surface area contributed by atoms with Gasteiger partial charge in [0, 0.05) is 50.6 Å². The first-order valence-electron chi connectivity index (χ1n) is 8.82. The summed E-state index contributed by atoms with van der Waals surface area (Å²) in [4.78, 5) is 37.0. The minimum atomic E-state index is -0.137. The molecule has 2 aliphatic heterocycles. The Bertz CT molecular complexity index is 825. The standard InChI is InChI=1S/C19H20N4O3/c24-18(15-2-3-17-14(12-15)4-11-26-17)22-7-1-8-23(10-9-22)19(25)16-13-20-5-6-21-16/h2-3,5-6,12-13H,1,4,7-11H2. The van der Waals surface area contributed by atoms with E-state index in [2.05, 4.69) is 9.97 Å². The quantitative estimate of drug-likeness (QED) is 0.817. The van der Waals surface area contributed by atoms with E-state index in [4.69, 9.17) is 4.74 Å². The topological polar surface area (TPSA) is 75.6 Å². The van der Waals surface area contributed by atoms with Gasteiger partial charge in [0.2, 0.25) is 0 Å². The zero-order valence-corrected chi connectivity index (χ0v) is 14.4. The highest BCUT2D eigenvalue weighted by molar-refractivity contribution is 5.95. The predicted molar refractivity (Wildman–Crippen MR) is 94.1 cm³/mol. The first-order valence-corrected chi connectivity index (χ1v) is 8.82. The van der Waals surface area contributed by atoms with Crippen LogP contribution in [0.2, 0.25) is 0 Å². The molecular formula is C19H20N4O3. The Morgan fingerprint density at radius 1 is 1.00 bits per heavy atom. The summed E-state index contributed by atoms with van der Waals surface area (Å²) in [7, 11) is 0. The van der Waals surface area contributed by atoms with Gasteiger partial charge in [0.05, 0.1) is 12.8 Å². The minimum Gasteiger partial charge on any atom is -0.493 e. The number of carbonyl (C=O) groups is 2. The summed E-state index contributed by atoms with van der Waals surface area (Å²) in [5.41, 5.74) is 2.11. The number of rotatable bonds is 2. The van der Waals surface area contributed by atoms with E-state index in [1.54, 1.807) is 11.1 Å². The van der Waals surface area contributed by atoms with Gasteiger partial charge in [0.15, 0.2) is 0 Å². The summed E-state index contributed by atoms with van der Waals surface area (Å²) in [5, 5.41) is 0. The van der Waals surface area contributed by atoms with E-state index in [1.807, 2.05) is 23.1 Å². The summed E-state index contributed by atoms with van der Waals surface area (Å²) in [6.45, 7) is 2.93. The summed E-state index contributed by atoms with van der Waals surface area (Å²) >= 11 is 0. The van der Waals surface area contributed by atoms with Crippen molar-refractivity contribution in [1.82, 2.24) is 19.8 Å². The SMILES string of the molecule is O=C(c1ccc2c(c1)CCO2)N1CCCN(C(=O)c2cnccn2)CC1. The largest absolute Gasteiger partial charge is 0.493 e. The number of nitrogens with zero attached hydrogens (tertiary/aromatic N) is 4.